The summed E-state index contributed by atoms with van der Waals surface area (Å²) in [7, 11) is 0. The molecular formula is C9H16N4O. The molecule has 0 aliphatic carbocycles. The number of aromatic amines is 1. The van der Waals surface area contributed by atoms with Crippen LogP contribution in [0.5, 0.6) is 0 Å². The summed E-state index contributed by atoms with van der Waals surface area (Å²) in [6.07, 6.45) is 0.0312. The molecule has 1 aromatic rings. The van der Waals surface area contributed by atoms with Gasteiger partial charge >= 0.3 is 0 Å². The number of morpholine rings is 1. The third kappa shape index (κ3) is 1.93. The summed E-state index contributed by atoms with van der Waals surface area (Å²) in [6.45, 7) is 6.62. The number of hydrogen-bond donors (Lipinski definition) is 2. The van der Waals surface area contributed by atoms with Crippen molar-refractivity contribution in [1.82, 2.24) is 20.5 Å². The molecule has 2 N–H and O–H groups in total. The molecule has 1 aromatic heterocycles. The molecule has 1 aliphatic heterocycles. The van der Waals surface area contributed by atoms with E-state index in [0.29, 0.717) is 5.92 Å². The minimum Gasteiger partial charge on any atom is -0.368 e. The molecule has 1 saturated heterocycles. The zero-order valence-corrected chi connectivity index (χ0v) is 8.58. The Labute approximate surface area is 83.3 Å². The van der Waals surface area contributed by atoms with E-state index in [1.807, 2.05) is 0 Å². The van der Waals surface area contributed by atoms with Gasteiger partial charge in [0.1, 0.15) is 6.10 Å². The Balaban J connectivity index is 2.07. The van der Waals surface area contributed by atoms with Gasteiger partial charge in [0.15, 0.2) is 11.6 Å². The van der Waals surface area contributed by atoms with Gasteiger partial charge in [-0.1, -0.05) is 13.8 Å². The van der Waals surface area contributed by atoms with E-state index in [9.17, 15) is 0 Å². The SMILES string of the molecule is CC(C)c1n[nH]c([C@@H]2CNCCO2)n1. The van der Waals surface area contributed by atoms with Gasteiger partial charge in [0.2, 0.25) is 0 Å². The molecule has 5 heteroatoms. The molecule has 78 valence electrons. The van der Waals surface area contributed by atoms with Gasteiger partial charge in [-0.25, -0.2) is 4.98 Å². The second-order valence-electron chi connectivity index (χ2n) is 3.80. The summed E-state index contributed by atoms with van der Waals surface area (Å²) < 4.78 is 5.56. The van der Waals surface area contributed by atoms with E-state index in [1.165, 1.54) is 0 Å². The first kappa shape index (κ1) is 9.61. The van der Waals surface area contributed by atoms with E-state index in [4.69, 9.17) is 4.74 Å². The van der Waals surface area contributed by atoms with Crippen LogP contribution in [-0.4, -0.2) is 34.9 Å². The number of nitrogens with zero attached hydrogens (tertiary/aromatic N) is 2. The smallest absolute Gasteiger partial charge is 0.155 e. The average Bonchev–Trinajstić information content (AvgIpc) is 2.68. The molecule has 2 rings (SSSR count). The van der Waals surface area contributed by atoms with Crippen molar-refractivity contribution in [1.29, 1.82) is 0 Å². The van der Waals surface area contributed by atoms with Crippen molar-refractivity contribution in [3.63, 3.8) is 0 Å². The van der Waals surface area contributed by atoms with E-state index in [0.717, 1.165) is 31.3 Å². The fourth-order valence-corrected chi connectivity index (χ4v) is 1.43. The van der Waals surface area contributed by atoms with Crippen LogP contribution < -0.4 is 5.32 Å². The average molecular weight is 196 g/mol. The van der Waals surface area contributed by atoms with E-state index in [2.05, 4.69) is 34.3 Å². The van der Waals surface area contributed by atoms with Crippen LogP contribution in [0.25, 0.3) is 0 Å². The van der Waals surface area contributed by atoms with Crippen molar-refractivity contribution in [2.75, 3.05) is 19.7 Å². The fourth-order valence-electron chi connectivity index (χ4n) is 1.43. The van der Waals surface area contributed by atoms with Crippen LogP contribution in [0.3, 0.4) is 0 Å². The van der Waals surface area contributed by atoms with Crippen molar-refractivity contribution in [3.05, 3.63) is 11.6 Å². The molecule has 0 aromatic carbocycles. The highest BCUT2D eigenvalue weighted by Gasteiger charge is 2.19. The molecule has 0 spiro atoms. The molecule has 0 unspecified atom stereocenters. The Kier molecular flexibility index (Phi) is 2.79. The zero-order valence-electron chi connectivity index (χ0n) is 8.58. The molecule has 0 radical (unpaired) electrons. The summed E-state index contributed by atoms with van der Waals surface area (Å²) in [5.41, 5.74) is 0. The zero-order chi connectivity index (χ0) is 9.97. The highest BCUT2D eigenvalue weighted by molar-refractivity contribution is 4.99. The number of rotatable bonds is 2. The Bertz CT molecular complexity index is 291. The van der Waals surface area contributed by atoms with Crippen LogP contribution >= 0.6 is 0 Å². The van der Waals surface area contributed by atoms with E-state index in [1.54, 1.807) is 0 Å². The maximum atomic E-state index is 5.56. The maximum Gasteiger partial charge on any atom is 0.155 e. The standard InChI is InChI=1S/C9H16N4O/c1-6(2)8-11-9(13-12-8)7-5-10-3-4-14-7/h6-7,10H,3-5H2,1-2H3,(H,11,12,13)/t7-/m0/s1. The maximum absolute atomic E-state index is 5.56. The summed E-state index contributed by atoms with van der Waals surface area (Å²) in [4.78, 5) is 4.40. The van der Waals surface area contributed by atoms with Crippen LogP contribution in [0.4, 0.5) is 0 Å². The lowest BCUT2D eigenvalue weighted by Crippen LogP contribution is -2.33. The van der Waals surface area contributed by atoms with Gasteiger partial charge in [-0.3, -0.25) is 5.10 Å². The van der Waals surface area contributed by atoms with Crippen molar-refractivity contribution < 1.29 is 4.74 Å². The Morgan fingerprint density at radius 3 is 2.93 bits per heavy atom. The number of hydrogen-bond acceptors (Lipinski definition) is 4. The van der Waals surface area contributed by atoms with Gasteiger partial charge < -0.3 is 10.1 Å². The molecule has 1 fully saturated rings. The third-order valence-corrected chi connectivity index (χ3v) is 2.27. The normalized spacial score (nSPS) is 22.9. The van der Waals surface area contributed by atoms with E-state index < -0.39 is 0 Å². The molecule has 1 aliphatic rings. The topological polar surface area (TPSA) is 62.8 Å². The number of nitrogens with one attached hydrogen (secondary N) is 2. The molecule has 0 saturated carbocycles. The van der Waals surface area contributed by atoms with Crippen molar-refractivity contribution >= 4 is 0 Å². The molecule has 0 amide bonds. The first-order valence-corrected chi connectivity index (χ1v) is 5.02. The minimum absolute atomic E-state index is 0.0312. The largest absolute Gasteiger partial charge is 0.368 e. The predicted octanol–water partition coefficient (Wildman–Crippen LogP) is 0.589. The number of aromatic nitrogens is 3. The Hall–Kier alpha value is -0.940. The number of ether oxygens (including phenoxy) is 1. The lowest BCUT2D eigenvalue weighted by molar-refractivity contribution is 0.0223. The summed E-state index contributed by atoms with van der Waals surface area (Å²) in [6, 6.07) is 0. The molecule has 1 atom stereocenters. The Morgan fingerprint density at radius 2 is 2.36 bits per heavy atom. The summed E-state index contributed by atoms with van der Waals surface area (Å²) >= 11 is 0. The molecule has 2 heterocycles. The van der Waals surface area contributed by atoms with Gasteiger partial charge in [0, 0.05) is 19.0 Å². The second-order valence-corrected chi connectivity index (χ2v) is 3.80. The Morgan fingerprint density at radius 1 is 1.50 bits per heavy atom. The van der Waals surface area contributed by atoms with Crippen LogP contribution in [-0.2, 0) is 4.74 Å². The van der Waals surface area contributed by atoms with Gasteiger partial charge in [-0.15, -0.1) is 0 Å². The lowest BCUT2D eigenvalue weighted by Gasteiger charge is -2.21. The van der Waals surface area contributed by atoms with Crippen molar-refractivity contribution in [2.45, 2.75) is 25.9 Å². The second kappa shape index (κ2) is 4.06. The highest BCUT2D eigenvalue weighted by atomic mass is 16.5. The predicted molar refractivity (Wildman–Crippen MR) is 52.0 cm³/mol. The third-order valence-electron chi connectivity index (χ3n) is 2.27. The van der Waals surface area contributed by atoms with Gasteiger partial charge in [-0.05, 0) is 0 Å². The summed E-state index contributed by atoms with van der Waals surface area (Å²) in [5.74, 6) is 2.05. The monoisotopic (exact) mass is 196 g/mol. The summed E-state index contributed by atoms with van der Waals surface area (Å²) in [5, 5.41) is 10.3. The van der Waals surface area contributed by atoms with Crippen LogP contribution in [0.15, 0.2) is 0 Å². The minimum atomic E-state index is 0.0312. The lowest BCUT2D eigenvalue weighted by atomic mass is 10.2. The van der Waals surface area contributed by atoms with E-state index in [-0.39, 0.29) is 6.10 Å². The van der Waals surface area contributed by atoms with Crippen LogP contribution in [0.2, 0.25) is 0 Å². The van der Waals surface area contributed by atoms with Crippen LogP contribution in [0, 0.1) is 0 Å². The quantitative estimate of drug-likeness (QED) is 0.726. The molecule has 14 heavy (non-hydrogen) atoms. The number of H-pyrrole nitrogens is 1. The highest BCUT2D eigenvalue weighted by Crippen LogP contribution is 2.16. The van der Waals surface area contributed by atoms with Gasteiger partial charge in [-0.2, -0.15) is 5.10 Å². The molecular weight excluding hydrogens is 180 g/mol. The van der Waals surface area contributed by atoms with Crippen molar-refractivity contribution in [2.24, 2.45) is 0 Å². The fraction of sp³-hybridized carbons (Fsp3) is 0.778. The first-order valence-electron chi connectivity index (χ1n) is 5.02. The van der Waals surface area contributed by atoms with E-state index >= 15 is 0 Å². The first-order chi connectivity index (χ1) is 6.77. The van der Waals surface area contributed by atoms with Gasteiger partial charge in [0.05, 0.1) is 6.61 Å². The van der Waals surface area contributed by atoms with Crippen LogP contribution in [0.1, 0.15) is 37.5 Å². The van der Waals surface area contributed by atoms with Crippen molar-refractivity contribution in [3.8, 4) is 0 Å². The molecule has 0 bridgehead atoms. The van der Waals surface area contributed by atoms with Gasteiger partial charge in [0.25, 0.3) is 0 Å². The molecule has 5 nitrogen and oxygen atoms in total.